The minimum atomic E-state index is 0.744. The van der Waals surface area contributed by atoms with Crippen molar-refractivity contribution < 1.29 is 0 Å². The minimum absolute atomic E-state index is 0.744. The van der Waals surface area contributed by atoms with E-state index in [-0.39, 0.29) is 0 Å². The smallest absolute Gasteiger partial charge is 0.160 e. The number of aromatic nitrogens is 2. The van der Waals surface area contributed by atoms with Crippen LogP contribution in [0.25, 0.3) is 76.6 Å². The van der Waals surface area contributed by atoms with Gasteiger partial charge in [0.1, 0.15) is 0 Å². The molecular weight excluding hydrogens is 460 g/mol. The van der Waals surface area contributed by atoms with E-state index in [0.29, 0.717) is 0 Å². The second-order valence-electron chi connectivity index (χ2n) is 9.83. The van der Waals surface area contributed by atoms with Crippen LogP contribution < -0.4 is 0 Å². The van der Waals surface area contributed by atoms with Crippen molar-refractivity contribution in [1.29, 1.82) is 0 Å². The van der Waals surface area contributed by atoms with E-state index in [0.717, 1.165) is 33.5 Å². The summed E-state index contributed by atoms with van der Waals surface area (Å²) in [4.78, 5) is 10.0. The summed E-state index contributed by atoms with van der Waals surface area (Å²) in [5.74, 6) is 0.744. The number of fused-ring (bicyclic) bond motifs is 8. The predicted molar refractivity (Wildman–Crippen MR) is 160 cm³/mol. The Bertz CT molecular complexity index is 2180. The molecule has 0 amide bonds. The highest BCUT2D eigenvalue weighted by Crippen LogP contribution is 2.37. The highest BCUT2D eigenvalue weighted by molar-refractivity contribution is 6.24. The van der Waals surface area contributed by atoms with E-state index >= 15 is 0 Å². The molecule has 0 bridgehead atoms. The summed E-state index contributed by atoms with van der Waals surface area (Å²) in [6.07, 6.45) is 0. The normalized spacial score (nSPS) is 11.7. The zero-order chi connectivity index (χ0) is 25.1. The molecule has 0 aliphatic carbocycles. The van der Waals surface area contributed by atoms with Crippen molar-refractivity contribution in [1.82, 2.24) is 9.97 Å². The summed E-state index contributed by atoms with van der Waals surface area (Å²) >= 11 is 0. The second kappa shape index (κ2) is 8.22. The van der Waals surface area contributed by atoms with Crippen LogP contribution in [0.4, 0.5) is 0 Å². The molecule has 0 spiro atoms. The zero-order valence-electron chi connectivity index (χ0n) is 20.6. The van der Waals surface area contributed by atoms with Crippen molar-refractivity contribution in [3.05, 3.63) is 133 Å². The molecule has 0 aliphatic rings. The van der Waals surface area contributed by atoms with E-state index in [1.165, 1.54) is 43.1 Å². The molecule has 2 heteroatoms. The maximum Gasteiger partial charge on any atom is 0.160 e. The van der Waals surface area contributed by atoms with Gasteiger partial charge in [-0.1, -0.05) is 121 Å². The molecule has 0 N–H and O–H groups in total. The maximum absolute atomic E-state index is 5.07. The van der Waals surface area contributed by atoms with E-state index < -0.39 is 0 Å². The number of rotatable bonds is 2. The average molecular weight is 483 g/mol. The second-order valence-corrected chi connectivity index (χ2v) is 9.83. The number of hydrogen-bond donors (Lipinski definition) is 0. The van der Waals surface area contributed by atoms with Gasteiger partial charge >= 0.3 is 0 Å². The lowest BCUT2D eigenvalue weighted by atomic mass is 9.93. The highest BCUT2D eigenvalue weighted by atomic mass is 14.9. The molecule has 0 fully saturated rings. The first-order valence-electron chi connectivity index (χ1n) is 12.9. The Kier molecular flexibility index (Phi) is 4.55. The van der Waals surface area contributed by atoms with E-state index in [1.807, 2.05) is 18.2 Å². The molecule has 8 rings (SSSR count). The zero-order valence-corrected chi connectivity index (χ0v) is 20.6. The molecule has 0 radical (unpaired) electrons. The molecule has 0 aliphatic heterocycles. The quantitative estimate of drug-likeness (QED) is 0.229. The van der Waals surface area contributed by atoms with E-state index in [9.17, 15) is 0 Å². The van der Waals surface area contributed by atoms with Crippen molar-refractivity contribution in [3.63, 3.8) is 0 Å². The lowest BCUT2D eigenvalue weighted by molar-refractivity contribution is 1.23. The Morgan fingerprint density at radius 3 is 1.97 bits per heavy atom. The molecule has 2 nitrogen and oxygen atoms in total. The number of benzene rings is 7. The van der Waals surface area contributed by atoms with Gasteiger partial charge in [0.2, 0.25) is 0 Å². The van der Waals surface area contributed by atoms with E-state index in [1.54, 1.807) is 0 Å². The van der Waals surface area contributed by atoms with Gasteiger partial charge in [0.15, 0.2) is 5.82 Å². The fourth-order valence-electron chi connectivity index (χ4n) is 5.81. The Balaban J connectivity index is 1.35. The highest BCUT2D eigenvalue weighted by Gasteiger charge is 2.13. The summed E-state index contributed by atoms with van der Waals surface area (Å²) < 4.78 is 0. The molecule has 0 saturated heterocycles. The van der Waals surface area contributed by atoms with Crippen molar-refractivity contribution in [2.24, 2.45) is 0 Å². The van der Waals surface area contributed by atoms with Crippen LogP contribution in [0.15, 0.2) is 133 Å². The number of para-hydroxylation sites is 1. The van der Waals surface area contributed by atoms with Crippen LogP contribution in [0, 0.1) is 0 Å². The maximum atomic E-state index is 5.07. The van der Waals surface area contributed by atoms with Crippen LogP contribution >= 0.6 is 0 Å². The van der Waals surface area contributed by atoms with Gasteiger partial charge < -0.3 is 0 Å². The lowest BCUT2D eigenvalue weighted by Gasteiger charge is -2.12. The van der Waals surface area contributed by atoms with Crippen LogP contribution in [-0.2, 0) is 0 Å². The molecule has 38 heavy (non-hydrogen) atoms. The molecular formula is C36H22N2. The van der Waals surface area contributed by atoms with E-state index in [4.69, 9.17) is 9.97 Å². The molecule has 0 saturated carbocycles. The van der Waals surface area contributed by atoms with Crippen molar-refractivity contribution in [2.75, 3.05) is 0 Å². The van der Waals surface area contributed by atoms with Crippen molar-refractivity contribution in [2.45, 2.75) is 0 Å². The topological polar surface area (TPSA) is 25.8 Å². The van der Waals surface area contributed by atoms with Crippen LogP contribution in [0.5, 0.6) is 0 Å². The standard InChI is InChI=1S/C36H22N2/c1-2-9-25(10-3-1)35-32-12-6-7-13-33(32)37-36(38-35)27-18-19-28-26(22-27)17-21-31-30(28)20-16-24-15-14-23-8-4-5-11-29(23)34(24)31/h1-22H. The predicted octanol–water partition coefficient (Wildman–Crippen LogP) is 9.58. The third kappa shape index (κ3) is 3.21. The summed E-state index contributed by atoms with van der Waals surface area (Å²) in [5, 5.41) is 11.2. The first kappa shape index (κ1) is 21.0. The Morgan fingerprint density at radius 2 is 1.05 bits per heavy atom. The van der Waals surface area contributed by atoms with Crippen molar-refractivity contribution >= 4 is 54.0 Å². The first-order valence-corrected chi connectivity index (χ1v) is 12.9. The van der Waals surface area contributed by atoms with Crippen LogP contribution in [0.1, 0.15) is 0 Å². The van der Waals surface area contributed by atoms with Gasteiger partial charge in [-0.15, -0.1) is 0 Å². The van der Waals surface area contributed by atoms with Gasteiger partial charge in [0, 0.05) is 16.5 Å². The number of nitrogens with zero attached hydrogens (tertiary/aromatic N) is 2. The van der Waals surface area contributed by atoms with Crippen LogP contribution in [0.3, 0.4) is 0 Å². The monoisotopic (exact) mass is 482 g/mol. The van der Waals surface area contributed by atoms with Crippen LogP contribution in [0.2, 0.25) is 0 Å². The molecule has 0 unspecified atom stereocenters. The third-order valence-corrected chi connectivity index (χ3v) is 7.63. The fraction of sp³-hybridized carbons (Fsp3) is 0. The summed E-state index contributed by atoms with van der Waals surface area (Å²) in [7, 11) is 0. The summed E-state index contributed by atoms with van der Waals surface area (Å²) in [5.41, 5.74) is 4.03. The van der Waals surface area contributed by atoms with Crippen molar-refractivity contribution in [3.8, 4) is 22.6 Å². The van der Waals surface area contributed by atoms with Gasteiger partial charge in [-0.3, -0.25) is 0 Å². The molecule has 8 aromatic rings. The first-order chi connectivity index (χ1) is 18.8. The van der Waals surface area contributed by atoms with Gasteiger partial charge in [-0.25, -0.2) is 9.97 Å². The summed E-state index contributed by atoms with van der Waals surface area (Å²) in [6, 6.07) is 47.3. The Morgan fingerprint density at radius 1 is 0.368 bits per heavy atom. The molecule has 1 aromatic heterocycles. The Hall–Kier alpha value is -5.08. The molecule has 7 aromatic carbocycles. The van der Waals surface area contributed by atoms with Gasteiger partial charge in [-0.05, 0) is 55.2 Å². The molecule has 176 valence electrons. The largest absolute Gasteiger partial charge is 0.228 e. The SMILES string of the molecule is c1ccc(-c2nc(-c3ccc4c(ccc5c4ccc4ccc6ccccc6c45)c3)nc3ccccc23)cc1. The van der Waals surface area contributed by atoms with Crippen LogP contribution in [-0.4, -0.2) is 9.97 Å². The summed E-state index contributed by atoms with van der Waals surface area (Å²) in [6.45, 7) is 0. The molecule has 1 heterocycles. The van der Waals surface area contributed by atoms with Gasteiger partial charge in [0.05, 0.1) is 11.2 Å². The minimum Gasteiger partial charge on any atom is -0.228 e. The van der Waals surface area contributed by atoms with E-state index in [2.05, 4.69) is 115 Å². The number of hydrogen-bond acceptors (Lipinski definition) is 2. The van der Waals surface area contributed by atoms with Gasteiger partial charge in [-0.2, -0.15) is 0 Å². The Labute approximate surface area is 219 Å². The third-order valence-electron chi connectivity index (χ3n) is 7.63. The molecule has 0 atom stereocenters. The average Bonchev–Trinajstić information content (AvgIpc) is 3.00. The fourth-order valence-corrected chi connectivity index (χ4v) is 5.81. The van der Waals surface area contributed by atoms with Gasteiger partial charge in [0.25, 0.3) is 0 Å². The lowest BCUT2D eigenvalue weighted by Crippen LogP contribution is -1.95.